The smallest absolute Gasteiger partial charge is 0.221 e. The zero-order valence-corrected chi connectivity index (χ0v) is 16.0. The van der Waals surface area contributed by atoms with Gasteiger partial charge in [-0.05, 0) is 23.8 Å². The summed E-state index contributed by atoms with van der Waals surface area (Å²) < 4.78 is 6.37. The Labute approximate surface area is 163 Å². The Morgan fingerprint density at radius 3 is 2.70 bits per heavy atom. The maximum atomic E-state index is 11.3. The second kappa shape index (κ2) is 7.94. The first kappa shape index (κ1) is 17.8. The number of thiophene rings is 1. The Balaban J connectivity index is 1.58. The zero-order valence-electron chi connectivity index (χ0n) is 15.2. The highest BCUT2D eigenvalue weighted by atomic mass is 32.1. The quantitative estimate of drug-likeness (QED) is 0.706. The van der Waals surface area contributed by atoms with E-state index in [0.717, 1.165) is 30.4 Å². The van der Waals surface area contributed by atoms with Gasteiger partial charge in [0.1, 0.15) is 11.9 Å². The molecule has 0 saturated heterocycles. The van der Waals surface area contributed by atoms with Crippen molar-refractivity contribution in [1.82, 2.24) is 4.90 Å². The lowest BCUT2D eigenvalue weighted by atomic mass is 10.1. The van der Waals surface area contributed by atoms with Crippen LogP contribution in [0.5, 0.6) is 5.75 Å². The number of nitrogens with one attached hydrogen (secondary N) is 1. The first-order chi connectivity index (χ1) is 13.2. The highest BCUT2D eigenvalue weighted by molar-refractivity contribution is 7.16. The van der Waals surface area contributed by atoms with E-state index in [2.05, 4.69) is 58.7 Å². The lowest BCUT2D eigenvalue weighted by Crippen LogP contribution is -2.27. The van der Waals surface area contributed by atoms with Crippen LogP contribution in [0.15, 0.2) is 66.7 Å². The van der Waals surface area contributed by atoms with Gasteiger partial charge in [-0.3, -0.25) is 9.69 Å². The van der Waals surface area contributed by atoms with Crippen LogP contribution in [0.2, 0.25) is 0 Å². The Morgan fingerprint density at radius 1 is 1.11 bits per heavy atom. The summed E-state index contributed by atoms with van der Waals surface area (Å²) in [5.41, 5.74) is 2.39. The number of amides is 1. The van der Waals surface area contributed by atoms with Crippen LogP contribution in [0.1, 0.15) is 29.0 Å². The summed E-state index contributed by atoms with van der Waals surface area (Å²) in [5, 5.41) is 3.75. The molecule has 0 saturated carbocycles. The van der Waals surface area contributed by atoms with E-state index >= 15 is 0 Å². The Morgan fingerprint density at radius 2 is 1.89 bits per heavy atom. The van der Waals surface area contributed by atoms with Crippen LogP contribution in [0, 0.1) is 0 Å². The van der Waals surface area contributed by atoms with Crippen molar-refractivity contribution in [2.45, 2.75) is 26.1 Å². The van der Waals surface area contributed by atoms with Crippen molar-refractivity contribution in [3.8, 4) is 5.75 Å². The monoisotopic (exact) mass is 378 g/mol. The fraction of sp³-hybridized carbons (Fsp3) is 0.227. The van der Waals surface area contributed by atoms with Crippen molar-refractivity contribution in [2.75, 3.05) is 11.9 Å². The second-order valence-corrected chi connectivity index (χ2v) is 7.91. The molecule has 1 N–H and O–H groups in total. The molecule has 27 heavy (non-hydrogen) atoms. The summed E-state index contributed by atoms with van der Waals surface area (Å²) in [6, 6.07) is 22.7. The summed E-state index contributed by atoms with van der Waals surface area (Å²) in [6.45, 7) is 4.01. The number of nitrogens with zero attached hydrogens (tertiary/aromatic N) is 1. The fourth-order valence-electron chi connectivity index (χ4n) is 3.37. The average Bonchev–Trinajstić information content (AvgIpc) is 3.00. The molecule has 0 bridgehead atoms. The van der Waals surface area contributed by atoms with Crippen LogP contribution >= 0.6 is 11.3 Å². The van der Waals surface area contributed by atoms with Gasteiger partial charge < -0.3 is 10.1 Å². The minimum absolute atomic E-state index is 0.00960. The lowest BCUT2D eigenvalue weighted by Gasteiger charge is -2.23. The molecular formula is C22H22N2O2S. The van der Waals surface area contributed by atoms with Gasteiger partial charge in [-0.1, -0.05) is 48.5 Å². The molecule has 1 unspecified atom stereocenters. The van der Waals surface area contributed by atoms with E-state index in [9.17, 15) is 4.79 Å². The van der Waals surface area contributed by atoms with Crippen LogP contribution in [-0.4, -0.2) is 17.4 Å². The number of benzene rings is 2. The summed E-state index contributed by atoms with van der Waals surface area (Å²) >= 11 is 1.63. The molecule has 1 aromatic heterocycles. The van der Waals surface area contributed by atoms with Gasteiger partial charge in [-0.15, -0.1) is 11.3 Å². The number of anilines is 1. The van der Waals surface area contributed by atoms with Crippen molar-refractivity contribution in [2.24, 2.45) is 0 Å². The van der Waals surface area contributed by atoms with Crippen LogP contribution in [-0.2, 0) is 17.9 Å². The number of carbonyl (C=O) groups excluding carboxylic acids is 1. The largest absolute Gasteiger partial charge is 0.484 e. The second-order valence-electron chi connectivity index (χ2n) is 6.74. The standard InChI is InChI=1S/C22H22N2O2S/c1-16(25)23-22-12-11-19(27-22)14-24-13-18-9-5-6-10-20(18)26-21(15-24)17-7-3-2-4-8-17/h2-12,21H,13-15H2,1H3,(H,23,25). The van der Waals surface area contributed by atoms with Crippen LogP contribution in [0.25, 0.3) is 0 Å². The molecule has 4 rings (SSSR count). The number of hydrogen-bond donors (Lipinski definition) is 1. The normalized spacial score (nSPS) is 16.9. The molecule has 2 heterocycles. The molecule has 1 amide bonds. The van der Waals surface area contributed by atoms with Gasteiger partial charge in [-0.25, -0.2) is 0 Å². The van der Waals surface area contributed by atoms with Crippen molar-refractivity contribution in [3.05, 3.63) is 82.7 Å². The van der Waals surface area contributed by atoms with E-state index in [1.54, 1.807) is 11.3 Å². The van der Waals surface area contributed by atoms with Gasteiger partial charge in [0.2, 0.25) is 5.91 Å². The first-order valence-corrected chi connectivity index (χ1v) is 9.87. The summed E-state index contributed by atoms with van der Waals surface area (Å²) in [4.78, 5) is 14.9. The highest BCUT2D eigenvalue weighted by Gasteiger charge is 2.24. The molecule has 3 aromatic rings. The third-order valence-corrected chi connectivity index (χ3v) is 5.56. The number of para-hydroxylation sites is 1. The molecule has 5 heteroatoms. The van der Waals surface area contributed by atoms with Gasteiger partial charge in [0.25, 0.3) is 0 Å². The van der Waals surface area contributed by atoms with E-state index in [0.29, 0.717) is 0 Å². The van der Waals surface area contributed by atoms with Crippen molar-refractivity contribution in [1.29, 1.82) is 0 Å². The van der Waals surface area contributed by atoms with Gasteiger partial charge >= 0.3 is 0 Å². The minimum atomic E-state index is -0.0374. The molecule has 2 aromatic carbocycles. The van der Waals surface area contributed by atoms with E-state index in [-0.39, 0.29) is 12.0 Å². The summed E-state index contributed by atoms with van der Waals surface area (Å²) in [7, 11) is 0. The molecule has 0 spiro atoms. The van der Waals surface area contributed by atoms with E-state index in [1.807, 2.05) is 18.2 Å². The van der Waals surface area contributed by atoms with Crippen LogP contribution in [0.4, 0.5) is 5.00 Å². The third-order valence-electron chi connectivity index (χ3n) is 4.57. The predicted octanol–water partition coefficient (Wildman–Crippen LogP) is 4.84. The number of rotatable bonds is 4. The molecule has 4 nitrogen and oxygen atoms in total. The number of fused-ring (bicyclic) bond motifs is 1. The number of carbonyl (C=O) groups is 1. The van der Waals surface area contributed by atoms with E-state index in [4.69, 9.17) is 4.74 Å². The molecule has 1 aliphatic heterocycles. The molecule has 0 fully saturated rings. The van der Waals surface area contributed by atoms with Gasteiger partial charge in [-0.2, -0.15) is 0 Å². The average molecular weight is 378 g/mol. The van der Waals surface area contributed by atoms with Crippen LogP contribution in [0.3, 0.4) is 0 Å². The molecular weight excluding hydrogens is 356 g/mol. The summed E-state index contributed by atoms with van der Waals surface area (Å²) in [5.74, 6) is 0.920. The van der Waals surface area contributed by atoms with E-state index < -0.39 is 0 Å². The van der Waals surface area contributed by atoms with Gasteiger partial charge in [0, 0.05) is 37.0 Å². The maximum Gasteiger partial charge on any atom is 0.221 e. The van der Waals surface area contributed by atoms with Gasteiger partial charge in [0.15, 0.2) is 0 Å². The number of ether oxygens (including phenoxy) is 1. The Kier molecular flexibility index (Phi) is 5.23. The maximum absolute atomic E-state index is 11.3. The molecule has 138 valence electrons. The molecule has 0 aliphatic carbocycles. The van der Waals surface area contributed by atoms with Crippen LogP contribution < -0.4 is 10.1 Å². The fourth-order valence-corrected chi connectivity index (χ4v) is 4.36. The van der Waals surface area contributed by atoms with Crippen molar-refractivity contribution in [3.63, 3.8) is 0 Å². The highest BCUT2D eigenvalue weighted by Crippen LogP contribution is 2.32. The number of hydrogen-bond acceptors (Lipinski definition) is 4. The predicted molar refractivity (Wildman–Crippen MR) is 109 cm³/mol. The topological polar surface area (TPSA) is 41.6 Å². The minimum Gasteiger partial charge on any atom is -0.484 e. The summed E-state index contributed by atoms with van der Waals surface area (Å²) in [6.07, 6.45) is -0.00960. The Hall–Kier alpha value is -2.63. The zero-order chi connectivity index (χ0) is 18.6. The lowest BCUT2D eigenvalue weighted by molar-refractivity contribution is -0.114. The van der Waals surface area contributed by atoms with Gasteiger partial charge in [0.05, 0.1) is 5.00 Å². The first-order valence-electron chi connectivity index (χ1n) is 9.05. The van der Waals surface area contributed by atoms with Crippen molar-refractivity contribution >= 4 is 22.2 Å². The van der Waals surface area contributed by atoms with E-state index in [1.165, 1.54) is 22.9 Å². The Bertz CT molecular complexity index is 923. The van der Waals surface area contributed by atoms with Crippen molar-refractivity contribution < 1.29 is 9.53 Å². The molecule has 1 aliphatic rings. The SMILES string of the molecule is CC(=O)Nc1ccc(CN2Cc3ccccc3OC(c3ccccc3)C2)s1. The molecule has 0 radical (unpaired) electrons. The third kappa shape index (κ3) is 4.38. The molecule has 1 atom stereocenters.